The predicted octanol–water partition coefficient (Wildman–Crippen LogP) is 2.13. The van der Waals surface area contributed by atoms with E-state index in [9.17, 15) is 14.4 Å². The van der Waals surface area contributed by atoms with Gasteiger partial charge in [-0.25, -0.2) is 4.79 Å². The first-order valence-electron chi connectivity index (χ1n) is 9.17. The van der Waals surface area contributed by atoms with Crippen LogP contribution < -0.4 is 10.2 Å². The van der Waals surface area contributed by atoms with Crippen molar-refractivity contribution in [2.24, 2.45) is 0 Å². The number of para-hydroxylation sites is 1. The highest BCUT2D eigenvalue weighted by molar-refractivity contribution is 6.08. The minimum atomic E-state index is -0.624. The smallest absolute Gasteiger partial charge is 0.325 e. The van der Waals surface area contributed by atoms with Gasteiger partial charge in [0, 0.05) is 18.7 Å². The van der Waals surface area contributed by atoms with Crippen molar-refractivity contribution in [3.8, 4) is 0 Å². The normalized spacial score (nSPS) is 19.0. The molecule has 2 aromatic rings. The van der Waals surface area contributed by atoms with Gasteiger partial charge in [-0.1, -0.05) is 48.5 Å². The SMILES string of the molecule is O=C1N[C@@H](Cc2ccccc2)C(=O)N1CC(=O)N1CCCc2ccccc21. The number of imide groups is 1. The van der Waals surface area contributed by atoms with Crippen molar-refractivity contribution in [1.29, 1.82) is 0 Å². The summed E-state index contributed by atoms with van der Waals surface area (Å²) in [5, 5.41) is 2.70. The van der Waals surface area contributed by atoms with Gasteiger partial charge in [0.1, 0.15) is 12.6 Å². The monoisotopic (exact) mass is 363 g/mol. The van der Waals surface area contributed by atoms with Gasteiger partial charge in [-0.15, -0.1) is 0 Å². The Morgan fingerprint density at radius 3 is 2.59 bits per heavy atom. The summed E-state index contributed by atoms with van der Waals surface area (Å²) in [7, 11) is 0. The van der Waals surface area contributed by atoms with Crippen molar-refractivity contribution >= 4 is 23.5 Å². The highest BCUT2D eigenvalue weighted by Gasteiger charge is 2.39. The number of fused-ring (bicyclic) bond motifs is 1. The Labute approximate surface area is 157 Å². The van der Waals surface area contributed by atoms with Gasteiger partial charge in [-0.2, -0.15) is 0 Å². The zero-order chi connectivity index (χ0) is 18.8. The second-order valence-electron chi connectivity index (χ2n) is 6.89. The van der Waals surface area contributed by atoms with Gasteiger partial charge in [0.05, 0.1) is 0 Å². The lowest BCUT2D eigenvalue weighted by Crippen LogP contribution is -2.45. The van der Waals surface area contributed by atoms with Gasteiger partial charge >= 0.3 is 6.03 Å². The molecule has 2 aromatic carbocycles. The molecule has 0 aliphatic carbocycles. The maximum atomic E-state index is 12.8. The fourth-order valence-corrected chi connectivity index (χ4v) is 3.73. The third kappa shape index (κ3) is 3.43. The van der Waals surface area contributed by atoms with E-state index < -0.39 is 12.1 Å². The number of nitrogens with one attached hydrogen (secondary N) is 1. The predicted molar refractivity (Wildman–Crippen MR) is 101 cm³/mol. The first kappa shape index (κ1) is 17.3. The number of urea groups is 1. The number of anilines is 1. The maximum absolute atomic E-state index is 12.8. The number of aryl methyl sites for hydroxylation is 1. The van der Waals surface area contributed by atoms with Gasteiger partial charge in [-0.3, -0.25) is 14.5 Å². The summed E-state index contributed by atoms with van der Waals surface area (Å²) in [6.45, 7) is 0.372. The Morgan fingerprint density at radius 1 is 1.04 bits per heavy atom. The number of nitrogens with zero attached hydrogens (tertiary/aromatic N) is 2. The number of hydrogen-bond acceptors (Lipinski definition) is 3. The molecule has 0 unspecified atom stereocenters. The topological polar surface area (TPSA) is 69.7 Å². The molecule has 1 atom stereocenters. The zero-order valence-electron chi connectivity index (χ0n) is 14.9. The summed E-state index contributed by atoms with van der Waals surface area (Å²) >= 11 is 0. The van der Waals surface area contributed by atoms with Crippen molar-refractivity contribution in [2.75, 3.05) is 18.0 Å². The lowest BCUT2D eigenvalue weighted by Gasteiger charge is -2.30. The third-order valence-corrected chi connectivity index (χ3v) is 5.09. The molecule has 1 fully saturated rings. The Hall–Kier alpha value is -3.15. The summed E-state index contributed by atoms with van der Waals surface area (Å²) in [4.78, 5) is 40.5. The van der Waals surface area contributed by atoms with E-state index in [-0.39, 0.29) is 18.4 Å². The summed E-state index contributed by atoms with van der Waals surface area (Å²) < 4.78 is 0. The van der Waals surface area contributed by atoms with Crippen LogP contribution in [0.1, 0.15) is 17.5 Å². The van der Waals surface area contributed by atoms with Crippen LogP contribution in [-0.4, -0.2) is 41.9 Å². The summed E-state index contributed by atoms with van der Waals surface area (Å²) in [6, 6.07) is 16.2. The molecule has 1 N–H and O–H groups in total. The molecule has 2 heterocycles. The van der Waals surface area contributed by atoms with Gasteiger partial charge in [-0.05, 0) is 30.0 Å². The molecule has 27 heavy (non-hydrogen) atoms. The average molecular weight is 363 g/mol. The van der Waals surface area contributed by atoms with E-state index in [1.165, 1.54) is 0 Å². The van der Waals surface area contributed by atoms with Crippen LogP contribution in [0.2, 0.25) is 0 Å². The highest BCUT2D eigenvalue weighted by Crippen LogP contribution is 2.27. The summed E-state index contributed by atoms with van der Waals surface area (Å²) in [5.41, 5.74) is 2.96. The largest absolute Gasteiger partial charge is 0.325 e. The molecule has 0 aromatic heterocycles. The quantitative estimate of drug-likeness (QED) is 0.846. The van der Waals surface area contributed by atoms with E-state index in [0.29, 0.717) is 13.0 Å². The zero-order valence-corrected chi connectivity index (χ0v) is 14.9. The fraction of sp³-hybridized carbons (Fsp3) is 0.286. The molecule has 6 heteroatoms. The van der Waals surface area contributed by atoms with E-state index in [2.05, 4.69) is 5.32 Å². The number of carbonyl (C=O) groups is 3. The molecule has 0 spiro atoms. The highest BCUT2D eigenvalue weighted by atomic mass is 16.2. The molecule has 0 radical (unpaired) electrons. The standard InChI is InChI=1S/C21H21N3O3/c25-19(23-12-6-10-16-9-4-5-11-18(16)23)14-24-20(26)17(22-21(24)27)13-15-7-2-1-3-8-15/h1-5,7-9,11,17H,6,10,12-14H2,(H,22,27)/t17-/m0/s1. The van der Waals surface area contributed by atoms with Gasteiger partial charge in [0.2, 0.25) is 5.91 Å². The second-order valence-corrected chi connectivity index (χ2v) is 6.89. The van der Waals surface area contributed by atoms with Crippen molar-refractivity contribution in [1.82, 2.24) is 10.2 Å². The summed E-state index contributed by atoms with van der Waals surface area (Å²) in [6.07, 6.45) is 2.23. The first-order chi connectivity index (χ1) is 13.1. The Kier molecular flexibility index (Phi) is 4.62. The minimum absolute atomic E-state index is 0.231. The number of hydrogen-bond donors (Lipinski definition) is 1. The molecule has 0 saturated carbocycles. The molecular formula is C21H21N3O3. The second kappa shape index (κ2) is 7.23. The molecule has 6 nitrogen and oxygen atoms in total. The number of amides is 4. The third-order valence-electron chi connectivity index (χ3n) is 5.09. The van der Waals surface area contributed by atoms with E-state index in [4.69, 9.17) is 0 Å². The molecule has 4 rings (SSSR count). The van der Waals surface area contributed by atoms with Crippen LogP contribution in [0.25, 0.3) is 0 Å². The van der Waals surface area contributed by atoms with Crippen LogP contribution in [0.15, 0.2) is 54.6 Å². The fourth-order valence-electron chi connectivity index (χ4n) is 3.73. The lowest BCUT2D eigenvalue weighted by atomic mass is 10.0. The van der Waals surface area contributed by atoms with Gasteiger partial charge in [0.25, 0.3) is 5.91 Å². The number of carbonyl (C=O) groups excluding carboxylic acids is 3. The van der Waals surface area contributed by atoms with Crippen LogP contribution >= 0.6 is 0 Å². The Bertz CT molecular complexity index is 881. The van der Waals surface area contributed by atoms with E-state index in [1.54, 1.807) is 4.90 Å². The van der Waals surface area contributed by atoms with Crippen LogP contribution in [-0.2, 0) is 22.4 Å². The maximum Gasteiger partial charge on any atom is 0.325 e. The van der Waals surface area contributed by atoms with Gasteiger partial charge < -0.3 is 10.2 Å². The van der Waals surface area contributed by atoms with E-state index in [0.717, 1.165) is 34.6 Å². The van der Waals surface area contributed by atoms with Gasteiger partial charge in [0.15, 0.2) is 0 Å². The Morgan fingerprint density at radius 2 is 1.78 bits per heavy atom. The molecule has 4 amide bonds. The molecule has 138 valence electrons. The summed E-state index contributed by atoms with van der Waals surface area (Å²) in [5.74, 6) is -0.575. The van der Waals surface area contributed by atoms with Crippen LogP contribution in [0, 0.1) is 0 Å². The van der Waals surface area contributed by atoms with E-state index in [1.807, 2.05) is 54.6 Å². The van der Waals surface area contributed by atoms with Crippen molar-refractivity contribution in [3.05, 3.63) is 65.7 Å². The lowest BCUT2D eigenvalue weighted by molar-refractivity contribution is -0.131. The van der Waals surface area contributed by atoms with Crippen LogP contribution in [0.5, 0.6) is 0 Å². The average Bonchev–Trinajstić information content (AvgIpc) is 2.95. The molecule has 0 bridgehead atoms. The van der Waals surface area contributed by atoms with Crippen LogP contribution in [0.4, 0.5) is 10.5 Å². The van der Waals surface area contributed by atoms with Crippen molar-refractivity contribution in [3.63, 3.8) is 0 Å². The number of rotatable bonds is 4. The van der Waals surface area contributed by atoms with Crippen LogP contribution in [0.3, 0.4) is 0 Å². The molecule has 2 aliphatic rings. The first-order valence-corrected chi connectivity index (χ1v) is 9.17. The Balaban J connectivity index is 1.46. The molecule has 1 saturated heterocycles. The molecular weight excluding hydrogens is 342 g/mol. The van der Waals surface area contributed by atoms with E-state index >= 15 is 0 Å². The molecule has 2 aliphatic heterocycles. The number of benzene rings is 2. The van der Waals surface area contributed by atoms with Crippen molar-refractivity contribution in [2.45, 2.75) is 25.3 Å². The minimum Gasteiger partial charge on any atom is -0.325 e. The van der Waals surface area contributed by atoms with Crippen molar-refractivity contribution < 1.29 is 14.4 Å².